The van der Waals surface area contributed by atoms with E-state index in [9.17, 15) is 8.78 Å². The number of hydrogen-bond donors (Lipinski definition) is 2. The van der Waals surface area contributed by atoms with Gasteiger partial charge in [0.05, 0.1) is 6.04 Å². The molecule has 0 aromatic heterocycles. The van der Waals surface area contributed by atoms with Gasteiger partial charge in [0.2, 0.25) is 0 Å². The predicted octanol–water partition coefficient (Wildman–Crippen LogP) is 3.12. The number of benzene rings is 2. The molecular weight excluding hydrogens is 349 g/mol. The largest absolute Gasteiger partial charge is 0.271 e. The fraction of sp³-hybridized carbons (Fsp3) is 0.0769. The fourth-order valence-electron chi connectivity index (χ4n) is 1.79. The third-order valence-electron chi connectivity index (χ3n) is 2.62. The molecule has 1 unspecified atom stereocenters. The van der Waals surface area contributed by atoms with Crippen molar-refractivity contribution < 1.29 is 8.78 Å². The highest BCUT2D eigenvalue weighted by Gasteiger charge is 2.16. The molecule has 0 saturated heterocycles. The van der Waals surface area contributed by atoms with Crippen LogP contribution in [-0.4, -0.2) is 0 Å². The summed E-state index contributed by atoms with van der Waals surface area (Å²) in [5.74, 6) is 4.89. The predicted molar refractivity (Wildman–Crippen MR) is 74.7 cm³/mol. The Bertz CT molecular complexity index is 560. The van der Waals surface area contributed by atoms with Crippen LogP contribution in [0.1, 0.15) is 17.2 Å². The molecule has 0 spiro atoms. The van der Waals surface area contributed by atoms with Gasteiger partial charge in [-0.05, 0) is 58.0 Å². The molecule has 5 heteroatoms. The number of rotatable bonds is 3. The van der Waals surface area contributed by atoms with Crippen LogP contribution in [0.25, 0.3) is 0 Å². The zero-order chi connectivity index (χ0) is 13.1. The first-order chi connectivity index (χ1) is 8.61. The smallest absolute Gasteiger partial charge is 0.124 e. The van der Waals surface area contributed by atoms with Crippen molar-refractivity contribution in [3.05, 3.63) is 68.8 Å². The Morgan fingerprint density at radius 1 is 1.06 bits per heavy atom. The van der Waals surface area contributed by atoms with Crippen LogP contribution in [0, 0.1) is 15.2 Å². The highest BCUT2D eigenvalue weighted by molar-refractivity contribution is 14.1. The van der Waals surface area contributed by atoms with Crippen molar-refractivity contribution in [2.75, 3.05) is 0 Å². The number of hydrazine groups is 1. The molecule has 0 amide bonds. The molecule has 0 heterocycles. The lowest BCUT2D eigenvalue weighted by Crippen LogP contribution is -2.29. The van der Waals surface area contributed by atoms with E-state index in [1.54, 1.807) is 18.2 Å². The highest BCUT2D eigenvalue weighted by atomic mass is 127. The standard InChI is InChI=1S/C13H11F2IN2/c14-9-3-1-2-8(6-9)13(18-17)11-5-4-10(15)7-12(11)16/h1-7,13,18H,17H2. The second kappa shape index (κ2) is 5.73. The molecule has 2 aromatic rings. The van der Waals surface area contributed by atoms with Gasteiger partial charge >= 0.3 is 0 Å². The van der Waals surface area contributed by atoms with Crippen LogP contribution < -0.4 is 11.3 Å². The van der Waals surface area contributed by atoms with E-state index in [-0.39, 0.29) is 17.7 Å². The third-order valence-corrected chi connectivity index (χ3v) is 3.56. The first-order valence-corrected chi connectivity index (χ1v) is 6.36. The van der Waals surface area contributed by atoms with Crippen molar-refractivity contribution in [2.45, 2.75) is 6.04 Å². The van der Waals surface area contributed by atoms with E-state index in [1.807, 2.05) is 22.6 Å². The lowest BCUT2D eigenvalue weighted by atomic mass is 9.99. The molecule has 2 aromatic carbocycles. The van der Waals surface area contributed by atoms with Gasteiger partial charge in [0.15, 0.2) is 0 Å². The summed E-state index contributed by atoms with van der Waals surface area (Å²) in [6.45, 7) is 0. The summed E-state index contributed by atoms with van der Waals surface area (Å²) < 4.78 is 27.0. The van der Waals surface area contributed by atoms with Crippen LogP contribution in [0.15, 0.2) is 42.5 Å². The Kier molecular flexibility index (Phi) is 4.26. The van der Waals surface area contributed by atoms with Crippen LogP contribution >= 0.6 is 22.6 Å². The minimum Gasteiger partial charge on any atom is -0.271 e. The van der Waals surface area contributed by atoms with E-state index in [0.717, 1.165) is 9.13 Å². The van der Waals surface area contributed by atoms with Gasteiger partial charge in [-0.15, -0.1) is 0 Å². The average molecular weight is 360 g/mol. The first kappa shape index (κ1) is 13.4. The van der Waals surface area contributed by atoms with E-state index in [1.165, 1.54) is 24.3 Å². The zero-order valence-electron chi connectivity index (χ0n) is 9.33. The molecule has 0 aliphatic heterocycles. The molecule has 0 aliphatic carbocycles. The van der Waals surface area contributed by atoms with Gasteiger partial charge < -0.3 is 0 Å². The van der Waals surface area contributed by atoms with Crippen molar-refractivity contribution in [2.24, 2.45) is 5.84 Å². The SMILES string of the molecule is NNC(c1cccc(F)c1)c1ccc(F)cc1I. The van der Waals surface area contributed by atoms with E-state index in [4.69, 9.17) is 5.84 Å². The second-order valence-corrected chi connectivity index (χ2v) is 4.98. The Morgan fingerprint density at radius 2 is 1.78 bits per heavy atom. The van der Waals surface area contributed by atoms with Gasteiger partial charge in [0.25, 0.3) is 0 Å². The van der Waals surface area contributed by atoms with Crippen molar-refractivity contribution in [1.82, 2.24) is 5.43 Å². The maximum atomic E-state index is 13.2. The molecule has 0 fully saturated rings. The summed E-state index contributed by atoms with van der Waals surface area (Å²) in [6.07, 6.45) is 0. The van der Waals surface area contributed by atoms with E-state index < -0.39 is 0 Å². The average Bonchev–Trinajstić information content (AvgIpc) is 2.33. The van der Waals surface area contributed by atoms with Crippen molar-refractivity contribution in [3.8, 4) is 0 Å². The van der Waals surface area contributed by atoms with Crippen LogP contribution in [-0.2, 0) is 0 Å². The Hall–Kier alpha value is -1.05. The molecule has 0 bridgehead atoms. The molecule has 0 saturated carbocycles. The van der Waals surface area contributed by atoms with Crippen LogP contribution in [0.5, 0.6) is 0 Å². The summed E-state index contributed by atoms with van der Waals surface area (Å²) in [4.78, 5) is 0. The maximum absolute atomic E-state index is 13.2. The van der Waals surface area contributed by atoms with Crippen molar-refractivity contribution >= 4 is 22.6 Å². The Morgan fingerprint density at radius 3 is 2.39 bits per heavy atom. The molecule has 0 aliphatic rings. The minimum atomic E-state index is -0.367. The number of nitrogens with two attached hydrogens (primary N) is 1. The summed E-state index contributed by atoms with van der Waals surface area (Å²) in [6, 6.07) is 10.2. The minimum absolute atomic E-state index is 0.307. The van der Waals surface area contributed by atoms with Crippen molar-refractivity contribution in [1.29, 1.82) is 0 Å². The van der Waals surface area contributed by atoms with Gasteiger partial charge in [-0.25, -0.2) is 14.2 Å². The molecular formula is C13H11F2IN2. The van der Waals surface area contributed by atoms with Gasteiger partial charge in [-0.3, -0.25) is 5.84 Å². The van der Waals surface area contributed by atoms with Gasteiger partial charge in [0.1, 0.15) is 11.6 Å². The third kappa shape index (κ3) is 2.85. The molecule has 0 radical (unpaired) electrons. The summed E-state index contributed by atoms with van der Waals surface area (Å²) in [5.41, 5.74) is 4.13. The monoisotopic (exact) mass is 360 g/mol. The lowest BCUT2D eigenvalue weighted by Gasteiger charge is -2.18. The van der Waals surface area contributed by atoms with E-state index in [0.29, 0.717) is 5.56 Å². The molecule has 2 nitrogen and oxygen atoms in total. The molecule has 1 atom stereocenters. The Labute approximate surface area is 117 Å². The van der Waals surface area contributed by atoms with Crippen LogP contribution in [0.3, 0.4) is 0 Å². The number of halogens is 3. The molecule has 18 heavy (non-hydrogen) atoms. The molecule has 2 rings (SSSR count). The maximum Gasteiger partial charge on any atom is 0.124 e. The number of hydrogen-bond acceptors (Lipinski definition) is 2. The van der Waals surface area contributed by atoms with Gasteiger partial charge in [-0.1, -0.05) is 18.2 Å². The topological polar surface area (TPSA) is 38.0 Å². The van der Waals surface area contributed by atoms with Crippen LogP contribution in [0.2, 0.25) is 0 Å². The zero-order valence-corrected chi connectivity index (χ0v) is 11.5. The first-order valence-electron chi connectivity index (χ1n) is 5.28. The van der Waals surface area contributed by atoms with Gasteiger partial charge in [-0.2, -0.15) is 0 Å². The van der Waals surface area contributed by atoms with Gasteiger partial charge in [0, 0.05) is 3.57 Å². The normalized spacial score (nSPS) is 12.4. The lowest BCUT2D eigenvalue weighted by molar-refractivity contribution is 0.599. The second-order valence-electron chi connectivity index (χ2n) is 3.82. The van der Waals surface area contributed by atoms with Crippen molar-refractivity contribution in [3.63, 3.8) is 0 Å². The number of nitrogens with one attached hydrogen (secondary N) is 1. The summed E-state index contributed by atoms with van der Waals surface area (Å²) in [5, 5.41) is 0. The summed E-state index contributed by atoms with van der Waals surface area (Å²) >= 11 is 2.03. The molecule has 3 N–H and O–H groups in total. The highest BCUT2D eigenvalue weighted by Crippen LogP contribution is 2.26. The molecule has 94 valence electrons. The van der Waals surface area contributed by atoms with E-state index in [2.05, 4.69) is 5.43 Å². The summed E-state index contributed by atoms with van der Waals surface area (Å²) in [7, 11) is 0. The fourth-order valence-corrected chi connectivity index (χ4v) is 2.58. The van der Waals surface area contributed by atoms with E-state index >= 15 is 0 Å². The Balaban J connectivity index is 2.45. The quantitative estimate of drug-likeness (QED) is 0.502. The van der Waals surface area contributed by atoms with Crippen LogP contribution in [0.4, 0.5) is 8.78 Å².